The largest absolute Gasteiger partial charge is 0.474 e. The number of fused-ring (bicyclic) bond motifs is 1. The second-order valence-electron chi connectivity index (χ2n) is 6.95. The van der Waals surface area contributed by atoms with Crippen molar-refractivity contribution in [3.63, 3.8) is 0 Å². The highest BCUT2D eigenvalue weighted by atomic mass is 16.5. The number of ether oxygens (including phenoxy) is 1. The summed E-state index contributed by atoms with van der Waals surface area (Å²) >= 11 is 0. The molecule has 1 saturated carbocycles. The van der Waals surface area contributed by atoms with Crippen LogP contribution < -0.4 is 21.3 Å². The van der Waals surface area contributed by atoms with E-state index in [0.29, 0.717) is 16.8 Å². The van der Waals surface area contributed by atoms with Crippen LogP contribution in [0.25, 0.3) is 11.0 Å². The number of carbonyl (C=O) groups excluding carboxylic acids is 1. The number of H-pyrrole nitrogens is 1. The third-order valence-electron chi connectivity index (χ3n) is 4.96. The summed E-state index contributed by atoms with van der Waals surface area (Å²) in [6, 6.07) is 6.55. The van der Waals surface area contributed by atoms with Gasteiger partial charge in [0, 0.05) is 31.5 Å². The molecule has 0 saturated heterocycles. The second kappa shape index (κ2) is 8.26. The molecule has 3 aromatic heterocycles. The monoisotopic (exact) mass is 395 g/mol. The van der Waals surface area contributed by atoms with E-state index < -0.39 is 11.2 Å². The number of amides is 1. The molecule has 4 rings (SSSR count). The molecular formula is C20H21N5O4. The van der Waals surface area contributed by atoms with Crippen LogP contribution in [-0.4, -0.2) is 38.1 Å². The minimum atomic E-state index is -0.564. The van der Waals surface area contributed by atoms with Gasteiger partial charge in [0.15, 0.2) is 0 Å². The Bertz CT molecular complexity index is 1130. The first-order chi connectivity index (χ1) is 14.1. The summed E-state index contributed by atoms with van der Waals surface area (Å²) in [5.74, 6) is 0.174. The molecule has 0 atom stereocenters. The van der Waals surface area contributed by atoms with Crippen molar-refractivity contribution in [3.05, 3.63) is 63.1 Å². The molecule has 1 aliphatic rings. The number of carbonyl (C=O) groups is 1. The van der Waals surface area contributed by atoms with E-state index in [9.17, 15) is 14.4 Å². The van der Waals surface area contributed by atoms with Gasteiger partial charge in [-0.15, -0.1) is 0 Å². The van der Waals surface area contributed by atoms with Crippen LogP contribution in [0.4, 0.5) is 0 Å². The van der Waals surface area contributed by atoms with E-state index in [4.69, 9.17) is 4.74 Å². The minimum absolute atomic E-state index is 0.0427. The van der Waals surface area contributed by atoms with Crippen molar-refractivity contribution in [2.24, 2.45) is 0 Å². The predicted octanol–water partition coefficient (Wildman–Crippen LogP) is 1.23. The van der Waals surface area contributed by atoms with E-state index in [1.54, 1.807) is 24.3 Å². The Balaban J connectivity index is 1.37. The van der Waals surface area contributed by atoms with Crippen LogP contribution in [0, 0.1) is 0 Å². The normalized spacial score (nSPS) is 14.2. The van der Waals surface area contributed by atoms with Crippen molar-refractivity contribution in [1.29, 1.82) is 0 Å². The highest BCUT2D eigenvalue weighted by molar-refractivity contribution is 5.93. The molecule has 1 amide bonds. The van der Waals surface area contributed by atoms with Crippen molar-refractivity contribution < 1.29 is 9.53 Å². The molecule has 0 radical (unpaired) electrons. The summed E-state index contributed by atoms with van der Waals surface area (Å²) < 4.78 is 6.83. The third-order valence-corrected chi connectivity index (χ3v) is 4.96. The van der Waals surface area contributed by atoms with Gasteiger partial charge in [-0.3, -0.25) is 19.1 Å². The van der Waals surface area contributed by atoms with Gasteiger partial charge in [0.25, 0.3) is 11.5 Å². The molecule has 3 aromatic rings. The molecule has 9 nitrogen and oxygen atoms in total. The van der Waals surface area contributed by atoms with E-state index in [2.05, 4.69) is 20.3 Å². The predicted molar refractivity (Wildman–Crippen MR) is 106 cm³/mol. The quantitative estimate of drug-likeness (QED) is 0.648. The number of pyridine rings is 2. The Hall–Kier alpha value is -3.49. The number of aromatic nitrogens is 4. The lowest BCUT2D eigenvalue weighted by Crippen LogP contribution is -2.39. The first-order valence-corrected chi connectivity index (χ1v) is 9.60. The van der Waals surface area contributed by atoms with Gasteiger partial charge < -0.3 is 10.1 Å². The van der Waals surface area contributed by atoms with Crippen LogP contribution in [0.3, 0.4) is 0 Å². The molecule has 2 N–H and O–H groups in total. The minimum Gasteiger partial charge on any atom is -0.474 e. The van der Waals surface area contributed by atoms with Crippen molar-refractivity contribution >= 4 is 16.9 Å². The average molecular weight is 395 g/mol. The molecule has 0 bridgehead atoms. The number of rotatable bonds is 6. The van der Waals surface area contributed by atoms with E-state index in [-0.39, 0.29) is 30.7 Å². The summed E-state index contributed by atoms with van der Waals surface area (Å²) in [4.78, 5) is 47.6. The van der Waals surface area contributed by atoms with Crippen LogP contribution in [0.2, 0.25) is 0 Å². The Labute approximate surface area is 165 Å². The van der Waals surface area contributed by atoms with E-state index in [0.717, 1.165) is 17.4 Å². The first kappa shape index (κ1) is 18.9. The maximum absolute atomic E-state index is 12.4. The van der Waals surface area contributed by atoms with Gasteiger partial charge in [-0.05, 0) is 43.9 Å². The van der Waals surface area contributed by atoms with Crippen molar-refractivity contribution in [2.45, 2.75) is 38.3 Å². The summed E-state index contributed by atoms with van der Waals surface area (Å²) in [6.45, 7) is 0.162. The number of nitrogens with one attached hydrogen (secondary N) is 2. The van der Waals surface area contributed by atoms with Gasteiger partial charge in [-0.1, -0.05) is 0 Å². The number of aromatic amines is 1. The molecule has 1 fully saturated rings. The molecule has 150 valence electrons. The van der Waals surface area contributed by atoms with Crippen LogP contribution in [-0.2, 0) is 6.54 Å². The zero-order valence-corrected chi connectivity index (χ0v) is 15.8. The molecule has 0 aliphatic heterocycles. The Morgan fingerprint density at radius 1 is 1.21 bits per heavy atom. The van der Waals surface area contributed by atoms with Crippen LogP contribution >= 0.6 is 0 Å². The molecule has 0 unspecified atom stereocenters. The van der Waals surface area contributed by atoms with Gasteiger partial charge in [0.1, 0.15) is 11.8 Å². The van der Waals surface area contributed by atoms with Crippen molar-refractivity contribution in [1.82, 2.24) is 24.8 Å². The summed E-state index contributed by atoms with van der Waals surface area (Å²) in [5.41, 5.74) is -0.381. The molecule has 0 aromatic carbocycles. The summed E-state index contributed by atoms with van der Waals surface area (Å²) in [7, 11) is 0. The standard InChI is InChI=1S/C20H21N5O4/c26-18(13-7-8-16(23-12-13)29-14-4-1-2-5-14)22-10-11-25-19(27)15-6-3-9-21-17(15)24-20(25)28/h3,6-9,12,14H,1-2,4-5,10-11H2,(H,22,26)(H,21,24,28). The summed E-state index contributed by atoms with van der Waals surface area (Å²) in [5, 5.41) is 3.01. The first-order valence-electron chi connectivity index (χ1n) is 9.60. The van der Waals surface area contributed by atoms with Crippen LogP contribution in [0.5, 0.6) is 5.88 Å². The molecule has 3 heterocycles. The van der Waals surface area contributed by atoms with Gasteiger partial charge in [-0.2, -0.15) is 0 Å². The maximum atomic E-state index is 12.4. The lowest BCUT2D eigenvalue weighted by Gasteiger charge is -2.12. The van der Waals surface area contributed by atoms with Gasteiger partial charge in [0.05, 0.1) is 10.9 Å². The van der Waals surface area contributed by atoms with E-state index in [1.807, 2.05) is 0 Å². The number of hydrogen-bond donors (Lipinski definition) is 2. The lowest BCUT2D eigenvalue weighted by atomic mass is 10.2. The Kier molecular flexibility index (Phi) is 5.37. The van der Waals surface area contributed by atoms with Gasteiger partial charge in [0.2, 0.25) is 5.88 Å². The summed E-state index contributed by atoms with van der Waals surface area (Å²) in [6.07, 6.45) is 7.58. The third kappa shape index (κ3) is 4.18. The van der Waals surface area contributed by atoms with Gasteiger partial charge >= 0.3 is 5.69 Å². The fourth-order valence-corrected chi connectivity index (χ4v) is 3.43. The topological polar surface area (TPSA) is 119 Å². The molecule has 9 heteroatoms. The SMILES string of the molecule is O=C(NCCn1c(=O)[nH]c2ncccc2c1=O)c1ccc(OC2CCCC2)nc1. The van der Waals surface area contributed by atoms with Crippen LogP contribution in [0.1, 0.15) is 36.0 Å². The Morgan fingerprint density at radius 2 is 2.03 bits per heavy atom. The zero-order chi connectivity index (χ0) is 20.2. The smallest absolute Gasteiger partial charge is 0.330 e. The highest BCUT2D eigenvalue weighted by Crippen LogP contribution is 2.22. The fourth-order valence-electron chi connectivity index (χ4n) is 3.43. The van der Waals surface area contributed by atoms with Gasteiger partial charge in [-0.25, -0.2) is 14.8 Å². The van der Waals surface area contributed by atoms with Crippen LogP contribution in [0.15, 0.2) is 46.2 Å². The molecule has 1 aliphatic carbocycles. The average Bonchev–Trinajstić information content (AvgIpc) is 3.24. The molecular weight excluding hydrogens is 374 g/mol. The van der Waals surface area contributed by atoms with Crippen molar-refractivity contribution in [2.75, 3.05) is 6.54 Å². The number of nitrogens with zero attached hydrogens (tertiary/aromatic N) is 3. The molecule has 29 heavy (non-hydrogen) atoms. The lowest BCUT2D eigenvalue weighted by molar-refractivity contribution is 0.0951. The highest BCUT2D eigenvalue weighted by Gasteiger charge is 2.17. The van der Waals surface area contributed by atoms with Crippen molar-refractivity contribution in [3.8, 4) is 5.88 Å². The Morgan fingerprint density at radius 3 is 2.79 bits per heavy atom. The zero-order valence-electron chi connectivity index (χ0n) is 15.8. The molecule has 0 spiro atoms. The van der Waals surface area contributed by atoms with E-state index >= 15 is 0 Å². The second-order valence-corrected chi connectivity index (χ2v) is 6.95. The maximum Gasteiger partial charge on any atom is 0.330 e. The fraction of sp³-hybridized carbons (Fsp3) is 0.350. The number of hydrogen-bond acceptors (Lipinski definition) is 6. The van der Waals surface area contributed by atoms with E-state index in [1.165, 1.54) is 25.2 Å².